The molecule has 0 aromatic heterocycles. The van der Waals surface area contributed by atoms with Crippen LogP contribution in [-0.2, 0) is 19.1 Å². The van der Waals surface area contributed by atoms with Crippen LogP contribution in [-0.4, -0.2) is 74.5 Å². The number of likely N-dealkylation sites (N-methyl/N-ethyl adjacent to an activating group) is 1. The number of carboxylic acids is 1. The Kier molecular flexibility index (Phi) is 6.20. The topological polar surface area (TPSA) is 88.1 Å². The first-order chi connectivity index (χ1) is 8.95. The zero-order valence-corrected chi connectivity index (χ0v) is 11.6. The number of hydrogen-bond acceptors (Lipinski definition) is 5. The van der Waals surface area contributed by atoms with Crippen LogP contribution in [0.15, 0.2) is 0 Å². The molecule has 110 valence electrons. The van der Waals surface area contributed by atoms with E-state index in [4.69, 9.17) is 14.6 Å². The summed E-state index contributed by atoms with van der Waals surface area (Å²) in [6.07, 6.45) is 0. The fourth-order valence-corrected chi connectivity index (χ4v) is 2.17. The van der Waals surface area contributed by atoms with E-state index in [2.05, 4.69) is 5.32 Å². The van der Waals surface area contributed by atoms with Gasteiger partial charge in [0.2, 0.25) is 5.91 Å². The monoisotopic (exact) mass is 274 g/mol. The molecule has 1 rings (SSSR count). The smallest absolute Gasteiger partial charge is 0.310 e. The Hall–Kier alpha value is -1.18. The van der Waals surface area contributed by atoms with Crippen molar-refractivity contribution in [1.82, 2.24) is 10.2 Å². The second kappa shape index (κ2) is 7.42. The van der Waals surface area contributed by atoms with Crippen LogP contribution in [0.5, 0.6) is 0 Å². The quantitative estimate of drug-likeness (QED) is 0.630. The molecule has 0 saturated carbocycles. The fraction of sp³-hybridized carbons (Fsp3) is 0.833. The van der Waals surface area contributed by atoms with Gasteiger partial charge in [0.05, 0.1) is 32.3 Å². The molecule has 1 fully saturated rings. The maximum atomic E-state index is 11.8. The molecule has 1 aliphatic heterocycles. The first-order valence-electron chi connectivity index (χ1n) is 6.24. The van der Waals surface area contributed by atoms with Gasteiger partial charge in [-0.1, -0.05) is 0 Å². The van der Waals surface area contributed by atoms with Gasteiger partial charge in [0.1, 0.15) is 0 Å². The normalized spacial score (nSPS) is 24.4. The molecule has 3 unspecified atom stereocenters. The molecule has 0 radical (unpaired) electrons. The molecule has 0 spiro atoms. The summed E-state index contributed by atoms with van der Waals surface area (Å²) in [5, 5.41) is 11.8. The summed E-state index contributed by atoms with van der Waals surface area (Å²) in [7, 11) is 3.30. The van der Waals surface area contributed by atoms with E-state index >= 15 is 0 Å². The van der Waals surface area contributed by atoms with Crippen LogP contribution in [0.1, 0.15) is 6.92 Å². The molecule has 1 aliphatic rings. The van der Waals surface area contributed by atoms with E-state index in [0.717, 1.165) is 0 Å². The van der Waals surface area contributed by atoms with E-state index in [-0.39, 0.29) is 31.1 Å². The molecule has 0 aromatic carbocycles. The Labute approximate surface area is 112 Å². The number of rotatable bonds is 7. The van der Waals surface area contributed by atoms with Gasteiger partial charge in [-0.15, -0.1) is 0 Å². The second-order valence-corrected chi connectivity index (χ2v) is 4.89. The number of carbonyl (C=O) groups excluding carboxylic acids is 1. The predicted octanol–water partition coefficient (Wildman–Crippen LogP) is -0.831. The molecule has 0 bridgehead atoms. The number of nitrogens with one attached hydrogen (secondary N) is 1. The Morgan fingerprint density at radius 1 is 1.53 bits per heavy atom. The van der Waals surface area contributed by atoms with Crippen LogP contribution in [0.2, 0.25) is 0 Å². The van der Waals surface area contributed by atoms with Gasteiger partial charge in [-0.3, -0.25) is 14.5 Å². The summed E-state index contributed by atoms with van der Waals surface area (Å²) in [5.41, 5.74) is 0. The lowest BCUT2D eigenvalue weighted by Gasteiger charge is -2.26. The molecular weight excluding hydrogens is 252 g/mol. The van der Waals surface area contributed by atoms with Crippen molar-refractivity contribution < 1.29 is 24.2 Å². The molecule has 7 nitrogen and oxygen atoms in total. The summed E-state index contributed by atoms with van der Waals surface area (Å²) in [6.45, 7) is 2.98. The maximum Gasteiger partial charge on any atom is 0.310 e. The first kappa shape index (κ1) is 15.9. The average molecular weight is 274 g/mol. The minimum atomic E-state index is -0.887. The van der Waals surface area contributed by atoms with E-state index in [1.54, 1.807) is 19.1 Å². The van der Waals surface area contributed by atoms with E-state index < -0.39 is 11.9 Å². The number of carbonyl (C=O) groups is 2. The number of hydrogen-bond donors (Lipinski definition) is 2. The van der Waals surface area contributed by atoms with Crippen molar-refractivity contribution in [3.8, 4) is 0 Å². The van der Waals surface area contributed by atoms with Crippen LogP contribution in [0, 0.1) is 5.92 Å². The summed E-state index contributed by atoms with van der Waals surface area (Å²) in [4.78, 5) is 24.5. The lowest BCUT2D eigenvalue weighted by molar-refractivity contribution is -0.143. The van der Waals surface area contributed by atoms with Crippen LogP contribution >= 0.6 is 0 Å². The molecule has 1 saturated heterocycles. The van der Waals surface area contributed by atoms with Crippen molar-refractivity contribution in [1.29, 1.82) is 0 Å². The van der Waals surface area contributed by atoms with Gasteiger partial charge in [-0.25, -0.2) is 0 Å². The van der Waals surface area contributed by atoms with E-state index in [0.29, 0.717) is 13.2 Å². The van der Waals surface area contributed by atoms with Gasteiger partial charge in [0.25, 0.3) is 0 Å². The number of carboxylic acid groups (broad SMARTS) is 1. The Bertz CT molecular complexity index is 323. The SMILES string of the molecule is COCC(C)NC(=O)CN(C)C1COCC1C(=O)O. The second-order valence-electron chi connectivity index (χ2n) is 4.89. The maximum absolute atomic E-state index is 11.8. The zero-order chi connectivity index (χ0) is 14.4. The van der Waals surface area contributed by atoms with Crippen molar-refractivity contribution in [3.63, 3.8) is 0 Å². The van der Waals surface area contributed by atoms with Crippen molar-refractivity contribution in [2.45, 2.75) is 19.0 Å². The van der Waals surface area contributed by atoms with E-state index in [9.17, 15) is 9.59 Å². The van der Waals surface area contributed by atoms with Gasteiger partial charge in [0, 0.05) is 19.2 Å². The van der Waals surface area contributed by atoms with Crippen LogP contribution in [0.3, 0.4) is 0 Å². The highest BCUT2D eigenvalue weighted by molar-refractivity contribution is 5.78. The molecule has 3 atom stereocenters. The van der Waals surface area contributed by atoms with Crippen molar-refractivity contribution in [2.24, 2.45) is 5.92 Å². The molecule has 2 N–H and O–H groups in total. The fourth-order valence-electron chi connectivity index (χ4n) is 2.17. The van der Waals surface area contributed by atoms with Crippen LogP contribution in [0.4, 0.5) is 0 Å². The van der Waals surface area contributed by atoms with Crippen molar-refractivity contribution in [3.05, 3.63) is 0 Å². The van der Waals surface area contributed by atoms with Crippen molar-refractivity contribution in [2.75, 3.05) is 40.5 Å². The predicted molar refractivity (Wildman–Crippen MR) is 67.8 cm³/mol. The minimum Gasteiger partial charge on any atom is -0.481 e. The molecule has 7 heteroatoms. The lowest BCUT2D eigenvalue weighted by Crippen LogP contribution is -2.47. The summed E-state index contributed by atoms with van der Waals surface area (Å²) < 4.78 is 10.1. The van der Waals surface area contributed by atoms with Crippen LogP contribution < -0.4 is 5.32 Å². The van der Waals surface area contributed by atoms with Gasteiger partial charge in [-0.2, -0.15) is 0 Å². The van der Waals surface area contributed by atoms with Crippen molar-refractivity contribution >= 4 is 11.9 Å². The molecule has 1 heterocycles. The number of amides is 1. The molecule has 1 amide bonds. The third-order valence-corrected chi connectivity index (χ3v) is 3.15. The third-order valence-electron chi connectivity index (χ3n) is 3.15. The highest BCUT2D eigenvalue weighted by atomic mass is 16.5. The van der Waals surface area contributed by atoms with Gasteiger partial charge < -0.3 is 19.9 Å². The Balaban J connectivity index is 2.43. The van der Waals surface area contributed by atoms with Gasteiger partial charge in [-0.05, 0) is 14.0 Å². The molecular formula is C12H22N2O5. The standard InChI is InChI=1S/C12H22N2O5/c1-8(5-18-3)13-11(15)4-14(2)10-7-19-6-9(10)12(16)17/h8-10H,4-7H2,1-3H3,(H,13,15)(H,16,17). The highest BCUT2D eigenvalue weighted by Crippen LogP contribution is 2.18. The minimum absolute atomic E-state index is 0.0685. The number of nitrogens with zero attached hydrogens (tertiary/aromatic N) is 1. The number of aliphatic carboxylic acids is 1. The number of methoxy groups -OCH3 is 1. The molecule has 19 heavy (non-hydrogen) atoms. The highest BCUT2D eigenvalue weighted by Gasteiger charge is 2.37. The largest absolute Gasteiger partial charge is 0.481 e. The van der Waals surface area contributed by atoms with E-state index in [1.165, 1.54) is 0 Å². The van der Waals surface area contributed by atoms with Gasteiger partial charge in [0.15, 0.2) is 0 Å². The van der Waals surface area contributed by atoms with Crippen LogP contribution in [0.25, 0.3) is 0 Å². The van der Waals surface area contributed by atoms with E-state index in [1.807, 2.05) is 6.92 Å². The summed E-state index contributed by atoms with van der Waals surface area (Å²) in [6, 6.07) is -0.331. The Morgan fingerprint density at radius 3 is 2.79 bits per heavy atom. The first-order valence-corrected chi connectivity index (χ1v) is 6.24. The zero-order valence-electron chi connectivity index (χ0n) is 11.6. The van der Waals surface area contributed by atoms with Gasteiger partial charge >= 0.3 is 5.97 Å². The molecule has 0 aromatic rings. The summed E-state index contributed by atoms with van der Waals surface area (Å²) in [5.74, 6) is -1.61. The third kappa shape index (κ3) is 4.77. The molecule has 0 aliphatic carbocycles. The summed E-state index contributed by atoms with van der Waals surface area (Å²) >= 11 is 0. The Morgan fingerprint density at radius 2 is 2.21 bits per heavy atom. The average Bonchev–Trinajstić information content (AvgIpc) is 2.77. The number of ether oxygens (including phenoxy) is 2. The lowest BCUT2D eigenvalue weighted by atomic mass is 10.0.